The Balaban J connectivity index is 1.68. The average molecular weight is 710 g/mol. The summed E-state index contributed by atoms with van der Waals surface area (Å²) in [4.78, 5) is 70.6. The maximum atomic E-state index is 14.9. The van der Waals surface area contributed by atoms with Gasteiger partial charge in [0.15, 0.2) is 0 Å². The van der Waals surface area contributed by atoms with Crippen LogP contribution in [0.5, 0.6) is 0 Å². The van der Waals surface area contributed by atoms with Gasteiger partial charge in [-0.3, -0.25) is 24.1 Å². The Kier molecular flexibility index (Phi) is 12.1. The van der Waals surface area contributed by atoms with Gasteiger partial charge in [0.25, 0.3) is 0 Å². The van der Waals surface area contributed by atoms with E-state index in [1.54, 1.807) is 46.8 Å². The molecule has 2 aromatic rings. The van der Waals surface area contributed by atoms with E-state index in [9.17, 15) is 24.0 Å². The SMILES string of the molecule is COC(=O)CSC(C)(C)C(NC(=O)C(C)N(C)C(=O)OC(C)(C)C)C(=O)N1Cc2cc(N)ccc2CC1C(=O)NC1CCCc2ccccc21. The number of ether oxygens (including phenoxy) is 2. The van der Waals surface area contributed by atoms with Crippen molar-refractivity contribution in [2.24, 2.45) is 0 Å². The van der Waals surface area contributed by atoms with Gasteiger partial charge in [-0.2, -0.15) is 0 Å². The predicted molar refractivity (Wildman–Crippen MR) is 193 cm³/mol. The molecule has 2 aliphatic rings. The third-order valence-electron chi connectivity index (χ3n) is 9.29. The Labute approximate surface area is 299 Å². The molecule has 0 spiro atoms. The van der Waals surface area contributed by atoms with Crippen molar-refractivity contribution in [3.05, 3.63) is 64.7 Å². The predicted octanol–water partition coefficient (Wildman–Crippen LogP) is 4.14. The van der Waals surface area contributed by atoms with Crippen molar-refractivity contribution in [2.75, 3.05) is 25.6 Å². The van der Waals surface area contributed by atoms with Crippen LogP contribution in [0.2, 0.25) is 0 Å². The van der Waals surface area contributed by atoms with Crippen molar-refractivity contribution in [1.82, 2.24) is 20.4 Å². The second kappa shape index (κ2) is 15.7. The van der Waals surface area contributed by atoms with Gasteiger partial charge in [0.2, 0.25) is 17.7 Å². The molecule has 4 N–H and O–H groups in total. The first-order valence-electron chi connectivity index (χ1n) is 16.9. The molecule has 1 aliphatic carbocycles. The van der Waals surface area contributed by atoms with Crippen LogP contribution < -0.4 is 16.4 Å². The van der Waals surface area contributed by atoms with E-state index in [0.717, 1.165) is 52.6 Å². The number of hydrogen-bond acceptors (Lipinski definition) is 9. The van der Waals surface area contributed by atoms with E-state index >= 15 is 0 Å². The minimum atomic E-state index is -1.22. The molecule has 12 nitrogen and oxygen atoms in total. The molecule has 272 valence electrons. The highest BCUT2D eigenvalue weighted by Gasteiger charge is 2.45. The quantitative estimate of drug-likeness (QED) is 0.243. The second-order valence-electron chi connectivity index (χ2n) is 14.5. The van der Waals surface area contributed by atoms with Crippen LogP contribution in [0.15, 0.2) is 42.5 Å². The lowest BCUT2D eigenvalue weighted by Gasteiger charge is -2.42. The highest BCUT2D eigenvalue weighted by molar-refractivity contribution is 8.01. The van der Waals surface area contributed by atoms with Gasteiger partial charge in [-0.25, -0.2) is 4.79 Å². The van der Waals surface area contributed by atoms with Crippen LogP contribution in [0.25, 0.3) is 0 Å². The average Bonchev–Trinajstić information content (AvgIpc) is 3.07. The molecule has 2 aromatic carbocycles. The van der Waals surface area contributed by atoms with Gasteiger partial charge in [-0.05, 0) is 95.2 Å². The van der Waals surface area contributed by atoms with Crippen molar-refractivity contribution in [3.8, 4) is 0 Å². The standard InChI is InChI=1S/C37H51N5O7S/c1-22(41(7)35(47)49-36(2,3)4)32(44)40-31(37(5,6)50-21-30(43)48-8)34(46)42-20-25-18-26(38)17-16-24(25)19-29(42)33(45)39-28-15-11-13-23-12-9-10-14-27(23)28/h9-10,12,14,16-18,22,28-29,31H,11,13,15,19-21,38H2,1-8H3,(H,39,45)(H,40,44). The molecule has 4 rings (SSSR count). The molecule has 0 aromatic heterocycles. The number of benzene rings is 2. The monoisotopic (exact) mass is 709 g/mol. The first-order chi connectivity index (χ1) is 23.4. The van der Waals surface area contributed by atoms with Crippen LogP contribution in [0.1, 0.15) is 82.7 Å². The van der Waals surface area contributed by atoms with Crippen LogP contribution in [0, 0.1) is 0 Å². The highest BCUT2D eigenvalue weighted by atomic mass is 32.2. The fraction of sp³-hybridized carbons (Fsp3) is 0.541. The topological polar surface area (TPSA) is 160 Å². The number of anilines is 1. The summed E-state index contributed by atoms with van der Waals surface area (Å²) in [6.07, 6.45) is 2.18. The molecule has 13 heteroatoms. The van der Waals surface area contributed by atoms with Gasteiger partial charge in [-0.1, -0.05) is 30.3 Å². The van der Waals surface area contributed by atoms with E-state index in [-0.39, 0.29) is 30.7 Å². The fourth-order valence-electron chi connectivity index (χ4n) is 6.26. The van der Waals surface area contributed by atoms with Crippen LogP contribution in [0.3, 0.4) is 0 Å². The summed E-state index contributed by atoms with van der Waals surface area (Å²) < 4.78 is 9.24. The molecule has 4 unspecified atom stereocenters. The maximum Gasteiger partial charge on any atom is 0.410 e. The van der Waals surface area contributed by atoms with Crippen LogP contribution in [0.4, 0.5) is 10.5 Å². The number of fused-ring (bicyclic) bond motifs is 2. The van der Waals surface area contributed by atoms with Gasteiger partial charge in [0.1, 0.15) is 23.7 Å². The fourth-order valence-corrected chi connectivity index (χ4v) is 7.19. The van der Waals surface area contributed by atoms with E-state index in [4.69, 9.17) is 15.2 Å². The summed E-state index contributed by atoms with van der Waals surface area (Å²) in [7, 11) is 2.72. The number of carbonyl (C=O) groups excluding carboxylic acids is 5. The number of hydrogen-bond donors (Lipinski definition) is 3. The third-order valence-corrected chi connectivity index (χ3v) is 10.7. The number of thioether (sulfide) groups is 1. The van der Waals surface area contributed by atoms with E-state index < -0.39 is 52.4 Å². The summed E-state index contributed by atoms with van der Waals surface area (Å²) in [5, 5.41) is 6.11. The van der Waals surface area contributed by atoms with Gasteiger partial charge in [0, 0.05) is 30.4 Å². The Hall–Kier alpha value is -4.26. The second-order valence-corrected chi connectivity index (χ2v) is 16.2. The van der Waals surface area contributed by atoms with Crippen molar-refractivity contribution < 1.29 is 33.4 Å². The van der Waals surface area contributed by atoms with Crippen molar-refractivity contribution in [1.29, 1.82) is 0 Å². The molecule has 0 saturated heterocycles. The number of carbonyl (C=O) groups is 5. The summed E-state index contributed by atoms with van der Waals surface area (Å²) in [6.45, 7) is 10.3. The molecule has 4 amide bonds. The molecule has 50 heavy (non-hydrogen) atoms. The normalized spacial score (nSPS) is 18.4. The van der Waals surface area contributed by atoms with Gasteiger partial charge in [-0.15, -0.1) is 11.8 Å². The zero-order chi connectivity index (χ0) is 37.0. The molecule has 4 atom stereocenters. The van der Waals surface area contributed by atoms with Gasteiger partial charge < -0.3 is 30.7 Å². The summed E-state index contributed by atoms with van der Waals surface area (Å²) >= 11 is 1.14. The number of nitrogens with zero attached hydrogens (tertiary/aromatic N) is 2. The van der Waals surface area contributed by atoms with E-state index in [1.807, 2.05) is 24.3 Å². The summed E-state index contributed by atoms with van der Waals surface area (Å²) in [6, 6.07) is 10.2. The molecular formula is C37H51N5O7S. The number of likely N-dealkylation sites (N-methyl/N-ethyl adjacent to an activating group) is 1. The maximum absolute atomic E-state index is 14.9. The lowest BCUT2D eigenvalue weighted by molar-refractivity contribution is -0.146. The third kappa shape index (κ3) is 9.29. The van der Waals surface area contributed by atoms with Crippen LogP contribution >= 0.6 is 11.8 Å². The smallest absolute Gasteiger partial charge is 0.410 e. The molecule has 1 heterocycles. The van der Waals surface area contributed by atoms with E-state index in [2.05, 4.69) is 16.7 Å². The van der Waals surface area contributed by atoms with E-state index in [1.165, 1.54) is 31.5 Å². The largest absolute Gasteiger partial charge is 0.468 e. The Morgan fingerprint density at radius 2 is 1.74 bits per heavy atom. The molecule has 0 bridgehead atoms. The number of rotatable bonds is 10. The summed E-state index contributed by atoms with van der Waals surface area (Å²) in [5.41, 5.74) is 9.85. The van der Waals surface area contributed by atoms with Crippen molar-refractivity contribution in [2.45, 2.75) is 108 Å². The van der Waals surface area contributed by atoms with Gasteiger partial charge in [0.05, 0.1) is 18.9 Å². The lowest BCUT2D eigenvalue weighted by atomic mass is 9.87. The Morgan fingerprint density at radius 1 is 1.04 bits per heavy atom. The number of nitrogen functional groups attached to an aromatic ring is 1. The first kappa shape index (κ1) is 38.5. The molecular weight excluding hydrogens is 659 g/mol. The minimum Gasteiger partial charge on any atom is -0.468 e. The Morgan fingerprint density at radius 3 is 2.42 bits per heavy atom. The van der Waals surface area contributed by atoms with E-state index in [0.29, 0.717) is 5.69 Å². The molecule has 0 saturated carbocycles. The van der Waals surface area contributed by atoms with Crippen molar-refractivity contribution in [3.63, 3.8) is 0 Å². The zero-order valence-corrected chi connectivity index (χ0v) is 31.1. The van der Waals surface area contributed by atoms with Crippen molar-refractivity contribution >= 4 is 47.2 Å². The number of esters is 1. The number of aryl methyl sites for hydroxylation is 1. The number of nitrogens with two attached hydrogens (primary N) is 1. The minimum absolute atomic E-state index is 0.0794. The number of amides is 4. The number of methoxy groups -OCH3 is 1. The highest BCUT2D eigenvalue weighted by Crippen LogP contribution is 2.34. The van der Waals surface area contributed by atoms with Crippen LogP contribution in [-0.4, -0.2) is 88.0 Å². The molecule has 1 aliphatic heterocycles. The van der Waals surface area contributed by atoms with Crippen LogP contribution in [-0.2, 0) is 48.0 Å². The summed E-state index contributed by atoms with van der Waals surface area (Å²) in [5.74, 6) is -1.99. The number of nitrogens with one attached hydrogen (secondary N) is 2. The molecule has 0 fully saturated rings. The first-order valence-corrected chi connectivity index (χ1v) is 17.9. The zero-order valence-electron chi connectivity index (χ0n) is 30.3. The Bertz CT molecular complexity index is 1610. The van der Waals surface area contributed by atoms with Gasteiger partial charge >= 0.3 is 12.1 Å². The molecule has 0 radical (unpaired) electrons. The lowest BCUT2D eigenvalue weighted by Crippen LogP contribution is -2.64.